The van der Waals surface area contributed by atoms with Crippen molar-refractivity contribution in [3.8, 4) is 22.3 Å². The van der Waals surface area contributed by atoms with E-state index in [1.165, 1.54) is 54.6 Å². The van der Waals surface area contributed by atoms with Crippen LogP contribution in [0, 0.1) is 0 Å². The number of rotatable bonds is 5. The Bertz CT molecular complexity index is 2120. The van der Waals surface area contributed by atoms with Crippen molar-refractivity contribution >= 4 is 49.4 Å². The summed E-state index contributed by atoms with van der Waals surface area (Å²) in [5.41, 5.74) is 8.23. The fourth-order valence-electron chi connectivity index (χ4n) is 6.26. The number of anilines is 3. The third-order valence-electron chi connectivity index (χ3n) is 8.45. The Labute approximate surface area is 251 Å². The lowest BCUT2D eigenvalue weighted by Gasteiger charge is -2.26. The van der Waals surface area contributed by atoms with Gasteiger partial charge in [-0.15, -0.1) is 0 Å². The molecule has 0 aliphatic heterocycles. The second kappa shape index (κ2) is 10.6. The van der Waals surface area contributed by atoms with Crippen LogP contribution in [-0.4, -0.2) is 0 Å². The molecule has 0 bridgehead atoms. The highest BCUT2D eigenvalue weighted by atomic mass is 15.1. The highest BCUT2D eigenvalue weighted by Crippen LogP contribution is 2.40. The maximum Gasteiger partial charge on any atom is 0.0468 e. The second-order valence-electron chi connectivity index (χ2n) is 11.0. The van der Waals surface area contributed by atoms with Crippen molar-refractivity contribution in [2.45, 2.75) is 0 Å². The zero-order valence-electron chi connectivity index (χ0n) is 23.7. The van der Waals surface area contributed by atoms with E-state index in [2.05, 4.69) is 181 Å². The highest BCUT2D eigenvalue weighted by Gasteiger charge is 2.15. The largest absolute Gasteiger partial charge is 0.310 e. The van der Waals surface area contributed by atoms with Gasteiger partial charge in [-0.05, 0) is 91.0 Å². The molecule has 8 aromatic carbocycles. The molecule has 0 N–H and O–H groups in total. The molecule has 8 rings (SSSR count). The smallest absolute Gasteiger partial charge is 0.0468 e. The van der Waals surface area contributed by atoms with Crippen LogP contribution in [-0.2, 0) is 0 Å². The molecular formula is C42H29N. The first-order valence-electron chi connectivity index (χ1n) is 14.8. The first kappa shape index (κ1) is 25.1. The summed E-state index contributed by atoms with van der Waals surface area (Å²) in [6, 6.07) is 63.5. The summed E-state index contributed by atoms with van der Waals surface area (Å²) in [7, 11) is 0. The van der Waals surface area contributed by atoms with Crippen LogP contribution in [0.15, 0.2) is 176 Å². The number of hydrogen-bond donors (Lipinski definition) is 0. The fourth-order valence-corrected chi connectivity index (χ4v) is 6.26. The van der Waals surface area contributed by atoms with Crippen LogP contribution in [0.1, 0.15) is 0 Å². The zero-order valence-corrected chi connectivity index (χ0v) is 23.7. The summed E-state index contributed by atoms with van der Waals surface area (Å²) in [4.78, 5) is 2.36. The summed E-state index contributed by atoms with van der Waals surface area (Å²) >= 11 is 0. The van der Waals surface area contributed by atoms with Crippen LogP contribution in [0.3, 0.4) is 0 Å². The minimum atomic E-state index is 1.12. The van der Waals surface area contributed by atoms with E-state index in [1.807, 2.05) is 0 Å². The van der Waals surface area contributed by atoms with E-state index in [9.17, 15) is 0 Å². The molecule has 0 saturated carbocycles. The van der Waals surface area contributed by atoms with Crippen LogP contribution < -0.4 is 4.90 Å². The zero-order chi connectivity index (χ0) is 28.6. The number of benzene rings is 8. The molecule has 8 aromatic rings. The van der Waals surface area contributed by atoms with Crippen LogP contribution in [0.4, 0.5) is 17.1 Å². The Balaban J connectivity index is 1.29. The Kier molecular flexibility index (Phi) is 6.20. The van der Waals surface area contributed by atoms with Gasteiger partial charge in [-0.1, -0.05) is 140 Å². The van der Waals surface area contributed by atoms with E-state index in [-0.39, 0.29) is 0 Å². The Morgan fingerprint density at radius 2 is 0.674 bits per heavy atom. The summed E-state index contributed by atoms with van der Waals surface area (Å²) in [5.74, 6) is 0. The number of fused-ring (bicyclic) bond motifs is 5. The standard InChI is InChI=1S/C42H29N/c1-3-9-30(10-4-1)32-15-22-36(23-16-32)43(37-24-17-33(18-25-37)31-11-5-2-6-12-31)38-26-19-35-21-27-40-39-14-8-7-13-34(39)20-28-41(40)42(35)29-38/h1-29H. The Morgan fingerprint density at radius 3 is 1.26 bits per heavy atom. The molecule has 0 aromatic heterocycles. The molecule has 0 aliphatic rings. The fraction of sp³-hybridized carbons (Fsp3) is 0. The maximum atomic E-state index is 2.36. The summed E-state index contributed by atoms with van der Waals surface area (Å²) in [5, 5.41) is 7.62. The van der Waals surface area contributed by atoms with Gasteiger partial charge in [0, 0.05) is 17.1 Å². The molecular weight excluding hydrogens is 518 g/mol. The average Bonchev–Trinajstić information content (AvgIpc) is 3.09. The van der Waals surface area contributed by atoms with Crippen LogP contribution in [0.2, 0.25) is 0 Å². The van der Waals surface area contributed by atoms with E-state index >= 15 is 0 Å². The second-order valence-corrected chi connectivity index (χ2v) is 11.0. The third-order valence-corrected chi connectivity index (χ3v) is 8.45. The van der Waals surface area contributed by atoms with Crippen molar-refractivity contribution in [3.05, 3.63) is 176 Å². The normalized spacial score (nSPS) is 11.3. The molecule has 1 heteroatoms. The summed E-state index contributed by atoms with van der Waals surface area (Å²) < 4.78 is 0. The van der Waals surface area contributed by atoms with Gasteiger partial charge in [-0.2, -0.15) is 0 Å². The van der Waals surface area contributed by atoms with E-state index < -0.39 is 0 Å². The van der Waals surface area contributed by atoms with Crippen molar-refractivity contribution in [1.29, 1.82) is 0 Å². The quantitative estimate of drug-likeness (QED) is 0.194. The first-order chi connectivity index (χ1) is 21.3. The molecule has 0 spiro atoms. The predicted molar refractivity (Wildman–Crippen MR) is 185 cm³/mol. The number of nitrogens with zero attached hydrogens (tertiary/aromatic N) is 1. The van der Waals surface area contributed by atoms with E-state index in [1.54, 1.807) is 0 Å². The van der Waals surface area contributed by atoms with Crippen LogP contribution in [0.25, 0.3) is 54.6 Å². The minimum Gasteiger partial charge on any atom is -0.310 e. The molecule has 1 nitrogen and oxygen atoms in total. The van der Waals surface area contributed by atoms with Gasteiger partial charge in [0.1, 0.15) is 0 Å². The lowest BCUT2D eigenvalue weighted by atomic mass is 9.96. The van der Waals surface area contributed by atoms with Gasteiger partial charge in [0.05, 0.1) is 0 Å². The van der Waals surface area contributed by atoms with Crippen LogP contribution >= 0.6 is 0 Å². The predicted octanol–water partition coefficient (Wildman–Crippen LogP) is 11.9. The van der Waals surface area contributed by atoms with Gasteiger partial charge < -0.3 is 4.90 Å². The van der Waals surface area contributed by atoms with Crippen molar-refractivity contribution < 1.29 is 0 Å². The molecule has 0 amide bonds. The molecule has 0 saturated heterocycles. The monoisotopic (exact) mass is 547 g/mol. The van der Waals surface area contributed by atoms with Gasteiger partial charge in [0.2, 0.25) is 0 Å². The molecule has 0 heterocycles. The molecule has 0 radical (unpaired) electrons. The van der Waals surface area contributed by atoms with Gasteiger partial charge in [-0.3, -0.25) is 0 Å². The maximum absolute atomic E-state index is 2.36. The molecule has 202 valence electrons. The SMILES string of the molecule is c1ccc(-c2ccc(N(c3ccc(-c4ccccc4)cc3)c3ccc4ccc5c6ccccc6ccc5c4c3)cc2)cc1. The van der Waals surface area contributed by atoms with Crippen molar-refractivity contribution in [1.82, 2.24) is 0 Å². The molecule has 0 unspecified atom stereocenters. The molecule has 0 atom stereocenters. The topological polar surface area (TPSA) is 3.24 Å². The van der Waals surface area contributed by atoms with E-state index in [4.69, 9.17) is 0 Å². The van der Waals surface area contributed by atoms with Crippen molar-refractivity contribution in [2.75, 3.05) is 4.90 Å². The highest BCUT2D eigenvalue weighted by molar-refractivity contribution is 6.17. The molecule has 43 heavy (non-hydrogen) atoms. The van der Waals surface area contributed by atoms with Crippen molar-refractivity contribution in [3.63, 3.8) is 0 Å². The minimum absolute atomic E-state index is 1.12. The van der Waals surface area contributed by atoms with E-state index in [0.29, 0.717) is 0 Å². The third kappa shape index (κ3) is 4.62. The van der Waals surface area contributed by atoms with Gasteiger partial charge in [0.25, 0.3) is 0 Å². The lowest BCUT2D eigenvalue weighted by Crippen LogP contribution is -2.09. The van der Waals surface area contributed by atoms with Gasteiger partial charge in [0.15, 0.2) is 0 Å². The first-order valence-corrected chi connectivity index (χ1v) is 14.8. The Morgan fingerprint density at radius 1 is 0.256 bits per heavy atom. The van der Waals surface area contributed by atoms with Gasteiger partial charge >= 0.3 is 0 Å². The van der Waals surface area contributed by atoms with Crippen LogP contribution in [0.5, 0.6) is 0 Å². The summed E-state index contributed by atoms with van der Waals surface area (Å²) in [6.45, 7) is 0. The van der Waals surface area contributed by atoms with Crippen molar-refractivity contribution in [2.24, 2.45) is 0 Å². The Hall–Kier alpha value is -5.66. The number of hydrogen-bond acceptors (Lipinski definition) is 1. The van der Waals surface area contributed by atoms with E-state index in [0.717, 1.165) is 17.1 Å². The van der Waals surface area contributed by atoms with Gasteiger partial charge in [-0.25, -0.2) is 0 Å². The molecule has 0 aliphatic carbocycles. The summed E-state index contributed by atoms with van der Waals surface area (Å²) in [6.07, 6.45) is 0. The molecule has 0 fully saturated rings. The lowest BCUT2D eigenvalue weighted by molar-refractivity contribution is 1.29. The average molecular weight is 548 g/mol.